The van der Waals surface area contributed by atoms with Crippen LogP contribution < -0.4 is 0 Å². The first-order chi connectivity index (χ1) is 14.8. The number of fused-ring (bicyclic) bond motifs is 1. The third-order valence-corrected chi connectivity index (χ3v) is 5.41. The van der Waals surface area contributed by atoms with Crippen LogP contribution in [0, 0.1) is 0 Å². The van der Waals surface area contributed by atoms with E-state index in [1.807, 2.05) is 72.8 Å². The van der Waals surface area contributed by atoms with E-state index in [0.717, 1.165) is 11.1 Å². The molecule has 6 nitrogen and oxygen atoms in total. The van der Waals surface area contributed by atoms with Gasteiger partial charge in [0.15, 0.2) is 12.6 Å². The molecule has 3 heterocycles. The van der Waals surface area contributed by atoms with Crippen LogP contribution in [0.4, 0.5) is 0 Å². The number of aliphatic hydroxyl groups is 1. The lowest BCUT2D eigenvalue weighted by molar-refractivity contribution is -0.373. The molecule has 1 aromatic heterocycles. The van der Waals surface area contributed by atoms with Gasteiger partial charge in [-0.1, -0.05) is 66.7 Å². The lowest BCUT2D eigenvalue weighted by Crippen LogP contribution is -2.56. The molecule has 1 N–H and O–H groups in total. The van der Waals surface area contributed by atoms with Crippen molar-refractivity contribution in [2.45, 2.75) is 37.0 Å². The molecule has 0 aliphatic carbocycles. The van der Waals surface area contributed by atoms with Gasteiger partial charge in [-0.15, -0.1) is 0 Å². The Kier molecular flexibility index (Phi) is 5.57. The second kappa shape index (κ2) is 8.63. The minimum atomic E-state index is -0.969. The normalized spacial score (nSPS) is 29.7. The zero-order valence-electron chi connectivity index (χ0n) is 16.3. The number of aromatic nitrogens is 1. The molecule has 2 aliphatic rings. The Labute approximate surface area is 175 Å². The summed E-state index contributed by atoms with van der Waals surface area (Å²) >= 11 is 0. The van der Waals surface area contributed by atoms with E-state index >= 15 is 0 Å². The van der Waals surface area contributed by atoms with Crippen LogP contribution in [-0.4, -0.2) is 35.0 Å². The summed E-state index contributed by atoms with van der Waals surface area (Å²) in [6, 6.07) is 24.8. The number of nitrogens with zero attached hydrogens (tertiary/aromatic N) is 1. The highest BCUT2D eigenvalue weighted by Crippen LogP contribution is 2.41. The fourth-order valence-electron chi connectivity index (χ4n) is 3.89. The summed E-state index contributed by atoms with van der Waals surface area (Å²) in [4.78, 5) is 4.31. The van der Waals surface area contributed by atoms with E-state index in [1.54, 1.807) is 12.3 Å². The molecule has 154 valence electrons. The molecule has 0 bridgehead atoms. The van der Waals surface area contributed by atoms with Gasteiger partial charge >= 0.3 is 0 Å². The van der Waals surface area contributed by atoms with Gasteiger partial charge in [0.2, 0.25) is 0 Å². The van der Waals surface area contributed by atoms with Crippen molar-refractivity contribution in [1.29, 1.82) is 0 Å². The predicted octanol–water partition coefficient (Wildman–Crippen LogP) is 3.71. The van der Waals surface area contributed by atoms with Crippen molar-refractivity contribution < 1.29 is 24.1 Å². The van der Waals surface area contributed by atoms with Crippen LogP contribution >= 0.6 is 0 Å². The molecule has 6 atom stereocenters. The number of benzene rings is 2. The van der Waals surface area contributed by atoms with E-state index < -0.39 is 30.9 Å². The number of hydrogen-bond acceptors (Lipinski definition) is 6. The summed E-state index contributed by atoms with van der Waals surface area (Å²) in [6.45, 7) is 0.336. The number of pyridine rings is 1. The first kappa shape index (κ1) is 19.4. The molecule has 0 radical (unpaired) electrons. The first-order valence-electron chi connectivity index (χ1n) is 10.1. The van der Waals surface area contributed by atoms with Crippen molar-refractivity contribution in [3.05, 3.63) is 102 Å². The number of hydrogen-bond donors (Lipinski definition) is 1. The minimum absolute atomic E-state index is 0.336. The highest BCUT2D eigenvalue weighted by atomic mass is 16.8. The largest absolute Gasteiger partial charge is 0.384 e. The van der Waals surface area contributed by atoms with Gasteiger partial charge in [-0.2, -0.15) is 0 Å². The maximum atomic E-state index is 11.1. The Morgan fingerprint density at radius 1 is 0.767 bits per heavy atom. The van der Waals surface area contributed by atoms with Gasteiger partial charge in [0.25, 0.3) is 0 Å². The van der Waals surface area contributed by atoms with Crippen molar-refractivity contribution in [1.82, 2.24) is 4.98 Å². The van der Waals surface area contributed by atoms with Gasteiger partial charge < -0.3 is 24.1 Å². The number of aliphatic hydroxyl groups excluding tert-OH is 1. The molecule has 6 heteroatoms. The maximum Gasteiger partial charge on any atom is 0.184 e. The second-order valence-corrected chi connectivity index (χ2v) is 7.39. The Morgan fingerprint density at radius 2 is 1.43 bits per heavy atom. The molecule has 30 heavy (non-hydrogen) atoms. The zero-order valence-corrected chi connectivity index (χ0v) is 16.3. The van der Waals surface area contributed by atoms with Gasteiger partial charge in [0.05, 0.1) is 12.3 Å². The fourth-order valence-corrected chi connectivity index (χ4v) is 3.89. The molecular weight excluding hydrogens is 382 g/mol. The van der Waals surface area contributed by atoms with E-state index in [2.05, 4.69) is 4.98 Å². The highest BCUT2D eigenvalue weighted by molar-refractivity contribution is 5.19. The van der Waals surface area contributed by atoms with Crippen molar-refractivity contribution in [2.24, 2.45) is 0 Å². The lowest BCUT2D eigenvalue weighted by Gasteiger charge is -2.47. The summed E-state index contributed by atoms with van der Waals surface area (Å²) in [6.07, 6.45) is -2.06. The Balaban J connectivity index is 1.44. The molecule has 3 aromatic rings. The quantitative estimate of drug-likeness (QED) is 0.714. The van der Waals surface area contributed by atoms with E-state index in [0.29, 0.717) is 12.3 Å². The minimum Gasteiger partial charge on any atom is -0.384 e. The van der Waals surface area contributed by atoms with Crippen molar-refractivity contribution >= 4 is 0 Å². The summed E-state index contributed by atoms with van der Waals surface area (Å²) in [7, 11) is 0. The third-order valence-electron chi connectivity index (χ3n) is 5.41. The van der Waals surface area contributed by atoms with E-state index in [9.17, 15) is 5.11 Å². The zero-order chi connectivity index (χ0) is 20.3. The molecule has 2 saturated heterocycles. The SMILES string of the molecule is O[C@H](c1ccccn1)[C@@H]1OC(c2ccccc2)O[C@@H]2COC(c3ccccc3)O[C@@H]12. The van der Waals surface area contributed by atoms with Crippen LogP contribution in [0.1, 0.15) is 35.5 Å². The molecule has 0 spiro atoms. The van der Waals surface area contributed by atoms with E-state index in [-0.39, 0.29) is 6.10 Å². The number of ether oxygens (including phenoxy) is 4. The van der Waals surface area contributed by atoms with Crippen molar-refractivity contribution in [3.8, 4) is 0 Å². The first-order valence-corrected chi connectivity index (χ1v) is 10.1. The summed E-state index contributed by atoms with van der Waals surface area (Å²) in [5.74, 6) is 0. The highest BCUT2D eigenvalue weighted by Gasteiger charge is 2.48. The smallest absolute Gasteiger partial charge is 0.184 e. The molecule has 2 fully saturated rings. The summed E-state index contributed by atoms with van der Waals surface area (Å²) in [5, 5.41) is 11.1. The molecule has 0 amide bonds. The third kappa shape index (κ3) is 3.88. The van der Waals surface area contributed by atoms with E-state index in [1.165, 1.54) is 0 Å². The Bertz CT molecular complexity index is 940. The standard InChI is InChI=1S/C24H23NO5/c26-20(18-13-7-8-14-25-18)22-21-19(28-24(30-22)17-11-5-2-6-12-17)15-27-23(29-21)16-9-3-1-4-10-16/h1-14,19-24,26H,15H2/t19-,20-,21-,22+,23?,24?/m1/s1. The molecule has 5 rings (SSSR count). The average molecular weight is 405 g/mol. The number of rotatable bonds is 4. The molecular formula is C24H23NO5. The monoisotopic (exact) mass is 405 g/mol. The molecule has 2 unspecified atom stereocenters. The van der Waals surface area contributed by atoms with Gasteiger partial charge in [-0.25, -0.2) is 0 Å². The van der Waals surface area contributed by atoms with Gasteiger partial charge in [-0.05, 0) is 12.1 Å². The molecule has 2 aromatic carbocycles. The van der Waals surface area contributed by atoms with Crippen LogP contribution in [0.3, 0.4) is 0 Å². The molecule has 2 aliphatic heterocycles. The Hall–Kier alpha value is -2.61. The van der Waals surface area contributed by atoms with Gasteiger partial charge in [0, 0.05) is 17.3 Å². The van der Waals surface area contributed by atoms with Gasteiger partial charge in [0.1, 0.15) is 24.4 Å². The average Bonchev–Trinajstić information content (AvgIpc) is 2.84. The second-order valence-electron chi connectivity index (χ2n) is 7.39. The Morgan fingerprint density at radius 3 is 2.10 bits per heavy atom. The predicted molar refractivity (Wildman–Crippen MR) is 108 cm³/mol. The maximum absolute atomic E-state index is 11.1. The van der Waals surface area contributed by atoms with E-state index in [4.69, 9.17) is 18.9 Å². The summed E-state index contributed by atoms with van der Waals surface area (Å²) in [5.41, 5.74) is 2.31. The van der Waals surface area contributed by atoms with Crippen LogP contribution in [0.15, 0.2) is 85.1 Å². The van der Waals surface area contributed by atoms with Crippen LogP contribution in [0.25, 0.3) is 0 Å². The van der Waals surface area contributed by atoms with Gasteiger partial charge in [-0.3, -0.25) is 4.98 Å². The van der Waals surface area contributed by atoms with Crippen LogP contribution in [-0.2, 0) is 18.9 Å². The lowest BCUT2D eigenvalue weighted by atomic mass is 9.97. The van der Waals surface area contributed by atoms with Crippen molar-refractivity contribution in [3.63, 3.8) is 0 Å². The fraction of sp³-hybridized carbons (Fsp3) is 0.292. The van der Waals surface area contributed by atoms with Crippen LogP contribution in [0.2, 0.25) is 0 Å². The molecule has 0 saturated carbocycles. The van der Waals surface area contributed by atoms with Crippen molar-refractivity contribution in [2.75, 3.05) is 6.61 Å². The topological polar surface area (TPSA) is 70.0 Å². The van der Waals surface area contributed by atoms with Crippen LogP contribution in [0.5, 0.6) is 0 Å². The summed E-state index contributed by atoms with van der Waals surface area (Å²) < 4.78 is 24.6.